The predicted octanol–water partition coefficient (Wildman–Crippen LogP) is 4.80. The smallest absolute Gasteiger partial charge is 0.254 e. The Morgan fingerprint density at radius 1 is 1.08 bits per heavy atom. The lowest BCUT2D eigenvalue weighted by atomic mass is 9.76. The molecule has 2 amide bonds. The summed E-state index contributed by atoms with van der Waals surface area (Å²) in [6.45, 7) is 7.60. The highest BCUT2D eigenvalue weighted by molar-refractivity contribution is 6.01. The fourth-order valence-corrected chi connectivity index (χ4v) is 5.96. The van der Waals surface area contributed by atoms with Crippen LogP contribution in [0.2, 0.25) is 0 Å². The van der Waals surface area contributed by atoms with E-state index < -0.39 is 5.54 Å². The number of piperazine rings is 1. The predicted molar refractivity (Wildman–Crippen MR) is 139 cm³/mol. The van der Waals surface area contributed by atoms with Crippen molar-refractivity contribution in [2.24, 2.45) is 0 Å². The van der Waals surface area contributed by atoms with Crippen LogP contribution < -0.4 is 9.47 Å². The number of H-pyrrole nitrogens is 1. The van der Waals surface area contributed by atoms with Crippen LogP contribution in [0.4, 0.5) is 0 Å². The second-order valence-corrected chi connectivity index (χ2v) is 9.83. The summed E-state index contributed by atoms with van der Waals surface area (Å²) in [5.41, 5.74) is 2.67. The average molecular weight is 490 g/mol. The lowest BCUT2D eigenvalue weighted by molar-refractivity contribution is -0.166. The molecular formula is C29H35N3O4. The first-order valence-corrected chi connectivity index (χ1v) is 13.0. The number of carbonyl (C=O) groups is 2. The minimum atomic E-state index is -1.09. The standard InChI is InChI=1S/C29H35N3O4/c1-5-7-10-16-31-18-24(33)32-17-21(19-13-11-15-23(35-4)26(19)36-6-2)25-20-12-8-9-14-22(20)30-27(25)29(32,3)28(31)34/h8-9,11-15,21,30H,5-7,10,16-18H2,1-4H3/t21?,29-/m0/s1. The Bertz CT molecular complexity index is 1300. The van der Waals surface area contributed by atoms with Gasteiger partial charge in [0.25, 0.3) is 5.91 Å². The van der Waals surface area contributed by atoms with Crippen molar-refractivity contribution in [1.29, 1.82) is 0 Å². The summed E-state index contributed by atoms with van der Waals surface area (Å²) in [4.78, 5) is 34.8. The van der Waals surface area contributed by atoms with Gasteiger partial charge in [0.15, 0.2) is 17.0 Å². The van der Waals surface area contributed by atoms with Gasteiger partial charge in [0.1, 0.15) is 0 Å². The number of hydrogen-bond donors (Lipinski definition) is 1. The molecule has 7 heteroatoms. The molecule has 190 valence electrons. The van der Waals surface area contributed by atoms with Crippen molar-refractivity contribution in [2.75, 3.05) is 33.4 Å². The number of carbonyl (C=O) groups excluding carboxylic acids is 2. The number of nitrogens with zero attached hydrogens (tertiary/aromatic N) is 2. The van der Waals surface area contributed by atoms with E-state index in [0.717, 1.165) is 47.0 Å². The van der Waals surface area contributed by atoms with Gasteiger partial charge in [0, 0.05) is 35.5 Å². The van der Waals surface area contributed by atoms with Crippen LogP contribution >= 0.6 is 0 Å². The molecule has 2 aliphatic heterocycles. The molecule has 0 bridgehead atoms. The Kier molecular flexibility index (Phi) is 6.41. The quantitative estimate of drug-likeness (QED) is 0.462. The largest absolute Gasteiger partial charge is 0.493 e. The second kappa shape index (κ2) is 9.52. The van der Waals surface area contributed by atoms with Crippen molar-refractivity contribution in [3.63, 3.8) is 0 Å². The summed E-state index contributed by atoms with van der Waals surface area (Å²) in [5, 5.41) is 1.06. The van der Waals surface area contributed by atoms with E-state index in [9.17, 15) is 9.59 Å². The van der Waals surface area contributed by atoms with Crippen LogP contribution in [0, 0.1) is 0 Å². The van der Waals surface area contributed by atoms with Crippen LogP contribution in [-0.2, 0) is 15.1 Å². The minimum Gasteiger partial charge on any atom is -0.493 e. The Balaban J connectivity index is 1.70. The van der Waals surface area contributed by atoms with Crippen LogP contribution in [0.1, 0.15) is 62.8 Å². The molecule has 2 aliphatic rings. The molecular weight excluding hydrogens is 454 g/mol. The summed E-state index contributed by atoms with van der Waals surface area (Å²) in [6.07, 6.45) is 3.00. The SMILES string of the molecule is CCCCCN1CC(=O)N2CC(c3cccc(OC)c3OCC)c3c([nH]c4ccccc34)[C@@]2(C)C1=O. The fourth-order valence-electron chi connectivity index (χ4n) is 5.96. The van der Waals surface area contributed by atoms with Crippen molar-refractivity contribution in [3.8, 4) is 11.5 Å². The van der Waals surface area contributed by atoms with Gasteiger partial charge in [-0.25, -0.2) is 0 Å². The number of unbranched alkanes of at least 4 members (excludes halogenated alkanes) is 2. The van der Waals surface area contributed by atoms with E-state index in [0.29, 0.717) is 31.2 Å². The minimum absolute atomic E-state index is 0.0138. The number of methoxy groups -OCH3 is 1. The van der Waals surface area contributed by atoms with E-state index in [1.54, 1.807) is 16.9 Å². The normalized spacial score (nSPS) is 21.5. The first-order chi connectivity index (χ1) is 17.4. The van der Waals surface area contributed by atoms with Crippen LogP contribution in [0.5, 0.6) is 11.5 Å². The molecule has 36 heavy (non-hydrogen) atoms. The molecule has 0 saturated carbocycles. The number of rotatable bonds is 8. The van der Waals surface area contributed by atoms with E-state index in [-0.39, 0.29) is 24.3 Å². The van der Waals surface area contributed by atoms with E-state index in [1.165, 1.54) is 0 Å². The number of aromatic nitrogens is 1. The molecule has 1 saturated heterocycles. The topological polar surface area (TPSA) is 74.9 Å². The molecule has 1 unspecified atom stereocenters. The number of ether oxygens (including phenoxy) is 2. The summed E-state index contributed by atoms with van der Waals surface area (Å²) in [7, 11) is 1.64. The van der Waals surface area contributed by atoms with E-state index >= 15 is 0 Å². The fraction of sp³-hybridized carbons (Fsp3) is 0.448. The molecule has 0 spiro atoms. The molecule has 5 rings (SSSR count). The summed E-state index contributed by atoms with van der Waals surface area (Å²) in [5.74, 6) is 1.13. The number of hydrogen-bond acceptors (Lipinski definition) is 4. The Morgan fingerprint density at radius 3 is 2.64 bits per heavy atom. The first-order valence-electron chi connectivity index (χ1n) is 13.0. The van der Waals surface area contributed by atoms with Gasteiger partial charge in [-0.1, -0.05) is 50.1 Å². The molecule has 0 radical (unpaired) electrons. The number of aromatic amines is 1. The van der Waals surface area contributed by atoms with Gasteiger partial charge < -0.3 is 24.3 Å². The van der Waals surface area contributed by atoms with Crippen molar-refractivity contribution in [3.05, 3.63) is 59.3 Å². The molecule has 7 nitrogen and oxygen atoms in total. The number of fused-ring (bicyclic) bond motifs is 5. The molecule has 0 aliphatic carbocycles. The monoisotopic (exact) mass is 489 g/mol. The van der Waals surface area contributed by atoms with Gasteiger partial charge >= 0.3 is 0 Å². The van der Waals surface area contributed by atoms with E-state index in [1.807, 2.05) is 50.2 Å². The molecule has 3 heterocycles. The van der Waals surface area contributed by atoms with Crippen LogP contribution in [0.3, 0.4) is 0 Å². The van der Waals surface area contributed by atoms with Gasteiger partial charge in [-0.05, 0) is 38.0 Å². The summed E-state index contributed by atoms with van der Waals surface area (Å²) >= 11 is 0. The van der Waals surface area contributed by atoms with E-state index in [2.05, 4.69) is 18.0 Å². The third-order valence-electron chi connectivity index (χ3n) is 7.74. The van der Waals surface area contributed by atoms with Gasteiger partial charge in [-0.2, -0.15) is 0 Å². The van der Waals surface area contributed by atoms with Gasteiger partial charge in [-0.3, -0.25) is 9.59 Å². The molecule has 1 N–H and O–H groups in total. The third-order valence-corrected chi connectivity index (χ3v) is 7.74. The number of benzene rings is 2. The molecule has 1 fully saturated rings. The highest BCUT2D eigenvalue weighted by Gasteiger charge is 2.56. The number of nitrogens with one attached hydrogen (secondary N) is 1. The van der Waals surface area contributed by atoms with Crippen molar-refractivity contribution in [1.82, 2.24) is 14.8 Å². The maximum atomic E-state index is 14.0. The van der Waals surface area contributed by atoms with Crippen molar-refractivity contribution < 1.29 is 19.1 Å². The zero-order valence-corrected chi connectivity index (χ0v) is 21.6. The molecule has 3 aromatic rings. The van der Waals surface area contributed by atoms with Gasteiger partial charge in [0.2, 0.25) is 5.91 Å². The van der Waals surface area contributed by atoms with Gasteiger partial charge in [-0.15, -0.1) is 0 Å². The van der Waals surface area contributed by atoms with Crippen LogP contribution in [-0.4, -0.2) is 59.9 Å². The second-order valence-electron chi connectivity index (χ2n) is 9.83. The maximum absolute atomic E-state index is 14.0. The number of para-hydroxylation sites is 2. The lowest BCUT2D eigenvalue weighted by Crippen LogP contribution is -2.67. The van der Waals surface area contributed by atoms with Crippen LogP contribution in [0.15, 0.2) is 42.5 Å². The zero-order chi connectivity index (χ0) is 25.4. The van der Waals surface area contributed by atoms with Crippen LogP contribution in [0.25, 0.3) is 10.9 Å². The zero-order valence-electron chi connectivity index (χ0n) is 21.6. The Labute approximate surface area is 212 Å². The maximum Gasteiger partial charge on any atom is 0.254 e. The summed E-state index contributed by atoms with van der Waals surface area (Å²) < 4.78 is 11.7. The van der Waals surface area contributed by atoms with Crippen molar-refractivity contribution in [2.45, 2.75) is 51.5 Å². The molecule has 2 aromatic carbocycles. The highest BCUT2D eigenvalue weighted by atomic mass is 16.5. The van der Waals surface area contributed by atoms with Gasteiger partial charge in [0.05, 0.1) is 26.0 Å². The molecule has 2 atom stereocenters. The lowest BCUT2D eigenvalue weighted by Gasteiger charge is -2.51. The Morgan fingerprint density at radius 2 is 1.89 bits per heavy atom. The third kappa shape index (κ3) is 3.64. The summed E-state index contributed by atoms with van der Waals surface area (Å²) in [6, 6.07) is 14.0. The van der Waals surface area contributed by atoms with Crippen molar-refractivity contribution >= 4 is 22.7 Å². The Hall–Kier alpha value is -3.48. The highest BCUT2D eigenvalue weighted by Crippen LogP contribution is 2.50. The van der Waals surface area contributed by atoms with E-state index in [4.69, 9.17) is 9.47 Å². The number of amides is 2. The average Bonchev–Trinajstić information content (AvgIpc) is 3.28. The first kappa shape index (κ1) is 24.2. The molecule has 1 aromatic heterocycles.